The summed E-state index contributed by atoms with van der Waals surface area (Å²) in [6.07, 6.45) is 7.35. The highest BCUT2D eigenvalue weighted by molar-refractivity contribution is 5.97. The van der Waals surface area contributed by atoms with Crippen LogP contribution in [0.5, 0.6) is 5.75 Å². The standard InChI is InChI=1S/C25H42N2O3/c1-5-7-15-25(4,30-18-6-2)24(28)26-22-11-13-23(14-12-22)29-19-9-17-27-16-8-10-21(3)20-27/h11-14,21H,5-10,15-20H2,1-4H3,(H,26,28)/t21-,25-/m1/s1. The van der Waals surface area contributed by atoms with Crippen LogP contribution in [0.15, 0.2) is 24.3 Å². The number of carbonyl (C=O) groups is 1. The fraction of sp³-hybridized carbons (Fsp3) is 0.720. The van der Waals surface area contributed by atoms with E-state index < -0.39 is 5.60 Å². The normalized spacial score (nSPS) is 19.3. The number of nitrogens with one attached hydrogen (secondary N) is 1. The van der Waals surface area contributed by atoms with Gasteiger partial charge in [0.15, 0.2) is 0 Å². The molecule has 1 aliphatic rings. The highest BCUT2D eigenvalue weighted by Crippen LogP contribution is 2.23. The van der Waals surface area contributed by atoms with Crippen molar-refractivity contribution < 1.29 is 14.3 Å². The number of nitrogens with zero attached hydrogens (tertiary/aromatic N) is 1. The first-order chi connectivity index (χ1) is 14.5. The SMILES string of the molecule is CCCC[C@@](C)(OCCC)C(=O)Nc1ccc(OCCCN2CCC[C@@H](C)C2)cc1. The number of unbranched alkanes of at least 4 members (excludes halogenated alkanes) is 1. The van der Waals surface area contributed by atoms with Crippen molar-refractivity contribution in [3.8, 4) is 5.75 Å². The predicted molar refractivity (Wildman–Crippen MR) is 124 cm³/mol. The zero-order valence-electron chi connectivity index (χ0n) is 19.5. The number of likely N-dealkylation sites (tertiary alicyclic amines) is 1. The number of anilines is 1. The summed E-state index contributed by atoms with van der Waals surface area (Å²) in [4.78, 5) is 15.4. The third-order valence-corrected chi connectivity index (χ3v) is 5.85. The molecule has 0 bridgehead atoms. The van der Waals surface area contributed by atoms with Gasteiger partial charge in [0, 0.05) is 25.4 Å². The first kappa shape index (κ1) is 24.7. The summed E-state index contributed by atoms with van der Waals surface area (Å²) in [5.41, 5.74) is -0.00914. The third kappa shape index (κ3) is 8.27. The molecule has 2 atom stereocenters. The van der Waals surface area contributed by atoms with Crippen molar-refractivity contribution in [3.05, 3.63) is 24.3 Å². The van der Waals surface area contributed by atoms with Gasteiger partial charge in [-0.3, -0.25) is 4.79 Å². The maximum Gasteiger partial charge on any atom is 0.256 e. The number of hydrogen-bond acceptors (Lipinski definition) is 4. The van der Waals surface area contributed by atoms with E-state index in [0.717, 1.165) is 62.6 Å². The Hall–Kier alpha value is -1.59. The second-order valence-corrected chi connectivity index (χ2v) is 8.91. The van der Waals surface area contributed by atoms with Crippen molar-refractivity contribution in [2.75, 3.05) is 38.2 Å². The van der Waals surface area contributed by atoms with Crippen LogP contribution in [0.2, 0.25) is 0 Å². The van der Waals surface area contributed by atoms with Crippen molar-refractivity contribution in [1.82, 2.24) is 4.90 Å². The molecule has 1 aliphatic heterocycles. The Labute approximate surface area is 183 Å². The molecule has 0 saturated carbocycles. The minimum Gasteiger partial charge on any atom is -0.494 e. The topological polar surface area (TPSA) is 50.8 Å². The molecule has 0 radical (unpaired) electrons. The summed E-state index contributed by atoms with van der Waals surface area (Å²) in [7, 11) is 0. The summed E-state index contributed by atoms with van der Waals surface area (Å²) in [6.45, 7) is 13.3. The molecule has 1 N–H and O–H groups in total. The zero-order valence-corrected chi connectivity index (χ0v) is 19.5. The highest BCUT2D eigenvalue weighted by Gasteiger charge is 2.33. The van der Waals surface area contributed by atoms with Crippen LogP contribution < -0.4 is 10.1 Å². The van der Waals surface area contributed by atoms with Gasteiger partial charge in [-0.15, -0.1) is 0 Å². The average molecular weight is 419 g/mol. The Balaban J connectivity index is 1.77. The van der Waals surface area contributed by atoms with Gasteiger partial charge in [-0.05, 0) is 75.8 Å². The maximum absolute atomic E-state index is 12.8. The molecule has 0 aromatic heterocycles. The van der Waals surface area contributed by atoms with E-state index >= 15 is 0 Å². The molecule has 1 aromatic carbocycles. The molecular weight excluding hydrogens is 376 g/mol. The van der Waals surface area contributed by atoms with Gasteiger partial charge in [0.2, 0.25) is 0 Å². The molecule has 1 amide bonds. The van der Waals surface area contributed by atoms with Crippen molar-refractivity contribution >= 4 is 11.6 Å². The van der Waals surface area contributed by atoms with Crippen LogP contribution in [0.1, 0.15) is 72.6 Å². The van der Waals surface area contributed by atoms with Gasteiger partial charge in [-0.1, -0.05) is 33.6 Å². The average Bonchev–Trinajstić information content (AvgIpc) is 2.75. The number of rotatable bonds is 13. The molecule has 170 valence electrons. The summed E-state index contributed by atoms with van der Waals surface area (Å²) in [5, 5.41) is 3.02. The lowest BCUT2D eigenvalue weighted by Gasteiger charge is -2.30. The van der Waals surface area contributed by atoms with Crippen LogP contribution in [-0.4, -0.2) is 49.3 Å². The predicted octanol–water partition coefficient (Wildman–Crippen LogP) is 5.50. The molecule has 5 heteroatoms. The van der Waals surface area contributed by atoms with Crippen molar-refractivity contribution in [3.63, 3.8) is 0 Å². The second kappa shape index (κ2) is 13.0. The van der Waals surface area contributed by atoms with E-state index in [-0.39, 0.29) is 5.91 Å². The first-order valence-electron chi connectivity index (χ1n) is 11.9. The Kier molecular flexibility index (Phi) is 10.7. The Morgan fingerprint density at radius 2 is 1.93 bits per heavy atom. The zero-order chi connectivity index (χ0) is 21.8. The van der Waals surface area contributed by atoms with Crippen LogP contribution in [0, 0.1) is 5.92 Å². The molecule has 1 aromatic rings. The Morgan fingerprint density at radius 1 is 1.17 bits per heavy atom. The van der Waals surface area contributed by atoms with Gasteiger partial charge in [-0.2, -0.15) is 0 Å². The molecule has 30 heavy (non-hydrogen) atoms. The molecule has 2 rings (SSSR count). The van der Waals surface area contributed by atoms with Gasteiger partial charge >= 0.3 is 0 Å². The molecule has 0 spiro atoms. The van der Waals surface area contributed by atoms with E-state index in [1.807, 2.05) is 31.2 Å². The number of hydrogen-bond donors (Lipinski definition) is 1. The lowest BCUT2D eigenvalue weighted by molar-refractivity contribution is -0.140. The molecule has 0 unspecified atom stereocenters. The van der Waals surface area contributed by atoms with Crippen molar-refractivity contribution in [1.29, 1.82) is 0 Å². The van der Waals surface area contributed by atoms with Gasteiger partial charge in [0.05, 0.1) is 6.61 Å². The molecule has 1 heterocycles. The summed E-state index contributed by atoms with van der Waals surface area (Å²) >= 11 is 0. The lowest BCUT2D eigenvalue weighted by Crippen LogP contribution is -2.43. The smallest absolute Gasteiger partial charge is 0.256 e. The summed E-state index contributed by atoms with van der Waals surface area (Å²) in [6, 6.07) is 7.66. The molecule has 1 saturated heterocycles. The lowest BCUT2D eigenvalue weighted by atomic mass is 9.97. The molecule has 5 nitrogen and oxygen atoms in total. The van der Waals surface area contributed by atoms with Crippen LogP contribution in [0.3, 0.4) is 0 Å². The third-order valence-electron chi connectivity index (χ3n) is 5.85. The maximum atomic E-state index is 12.8. The van der Waals surface area contributed by atoms with E-state index in [0.29, 0.717) is 6.61 Å². The number of benzene rings is 1. The van der Waals surface area contributed by atoms with Crippen LogP contribution in [-0.2, 0) is 9.53 Å². The van der Waals surface area contributed by atoms with E-state index in [9.17, 15) is 4.79 Å². The van der Waals surface area contributed by atoms with E-state index in [2.05, 4.69) is 31.0 Å². The van der Waals surface area contributed by atoms with Crippen molar-refractivity contribution in [2.24, 2.45) is 5.92 Å². The quantitative estimate of drug-likeness (QED) is 0.430. The van der Waals surface area contributed by atoms with E-state index in [1.165, 1.54) is 25.9 Å². The Morgan fingerprint density at radius 3 is 2.60 bits per heavy atom. The minimum absolute atomic E-state index is 0.0752. The fourth-order valence-electron chi connectivity index (χ4n) is 3.96. The highest BCUT2D eigenvalue weighted by atomic mass is 16.5. The largest absolute Gasteiger partial charge is 0.494 e. The first-order valence-corrected chi connectivity index (χ1v) is 11.9. The van der Waals surface area contributed by atoms with Crippen LogP contribution in [0.4, 0.5) is 5.69 Å². The molecular formula is C25H42N2O3. The van der Waals surface area contributed by atoms with Crippen LogP contribution >= 0.6 is 0 Å². The van der Waals surface area contributed by atoms with Gasteiger partial charge < -0.3 is 19.7 Å². The van der Waals surface area contributed by atoms with Gasteiger partial charge in [0.1, 0.15) is 11.4 Å². The number of piperidine rings is 1. The van der Waals surface area contributed by atoms with Gasteiger partial charge in [0.25, 0.3) is 5.91 Å². The minimum atomic E-state index is -0.785. The number of ether oxygens (including phenoxy) is 2. The summed E-state index contributed by atoms with van der Waals surface area (Å²) < 4.78 is 11.8. The van der Waals surface area contributed by atoms with E-state index in [1.54, 1.807) is 0 Å². The van der Waals surface area contributed by atoms with Gasteiger partial charge in [-0.25, -0.2) is 0 Å². The Bertz CT molecular complexity index is 609. The number of amides is 1. The fourth-order valence-corrected chi connectivity index (χ4v) is 3.96. The number of carbonyl (C=O) groups excluding carboxylic acids is 1. The molecule has 0 aliphatic carbocycles. The van der Waals surface area contributed by atoms with Crippen LogP contribution in [0.25, 0.3) is 0 Å². The monoisotopic (exact) mass is 418 g/mol. The second-order valence-electron chi connectivity index (χ2n) is 8.91. The molecule has 1 fully saturated rings. The summed E-state index contributed by atoms with van der Waals surface area (Å²) in [5.74, 6) is 1.59. The van der Waals surface area contributed by atoms with E-state index in [4.69, 9.17) is 9.47 Å². The van der Waals surface area contributed by atoms with Crippen molar-refractivity contribution in [2.45, 2.75) is 78.2 Å².